The number of unbranched alkanes of at least 4 members (excludes halogenated alkanes) is 45. The Kier molecular flexibility index (Phi) is 67.4. The molecule has 0 rings (SSSR count). The number of esters is 4. The van der Waals surface area contributed by atoms with Gasteiger partial charge in [-0.05, 0) is 37.5 Å². The summed E-state index contributed by atoms with van der Waals surface area (Å²) in [6, 6.07) is 0. The summed E-state index contributed by atoms with van der Waals surface area (Å²) in [5.41, 5.74) is 0. The van der Waals surface area contributed by atoms with Gasteiger partial charge in [0, 0.05) is 25.7 Å². The van der Waals surface area contributed by atoms with E-state index in [0.29, 0.717) is 25.7 Å². The lowest BCUT2D eigenvalue weighted by atomic mass is 9.99. The summed E-state index contributed by atoms with van der Waals surface area (Å²) in [5, 5.41) is 10.6. The number of aliphatic hydroxyl groups is 1. The van der Waals surface area contributed by atoms with E-state index in [4.69, 9.17) is 37.0 Å². The SMILES string of the molecule is CCCCCCCCCCCCCCC(=O)O[C@H](COC(=O)CCCCCCCCCCC)COP(=O)(O)OC[C@H](O)COP(=O)(O)OC[C@@H](COC(=O)CCCCCCCCCCCCCCCCC(C)C)OC(=O)CCCCCCCCCCCCCCCCC(C)CC. The zero-order valence-electron chi connectivity index (χ0n) is 62.7. The molecule has 17 nitrogen and oxygen atoms in total. The van der Waals surface area contributed by atoms with Crippen LogP contribution in [-0.2, 0) is 65.4 Å². The van der Waals surface area contributed by atoms with Crippen LogP contribution < -0.4 is 0 Å². The zero-order chi connectivity index (χ0) is 70.7. The van der Waals surface area contributed by atoms with Crippen molar-refractivity contribution < 1.29 is 80.2 Å². The Morgan fingerprint density at radius 2 is 0.531 bits per heavy atom. The fourth-order valence-corrected chi connectivity index (χ4v) is 13.4. The molecule has 0 amide bonds. The molecule has 96 heavy (non-hydrogen) atoms. The first kappa shape index (κ1) is 94.1. The van der Waals surface area contributed by atoms with E-state index in [2.05, 4.69) is 41.5 Å². The van der Waals surface area contributed by atoms with Crippen LogP contribution in [0.5, 0.6) is 0 Å². The number of hydrogen-bond acceptors (Lipinski definition) is 15. The highest BCUT2D eigenvalue weighted by Gasteiger charge is 2.30. The van der Waals surface area contributed by atoms with E-state index < -0.39 is 97.5 Å². The first-order valence-electron chi connectivity index (χ1n) is 40.0. The second-order valence-electron chi connectivity index (χ2n) is 28.5. The molecular formula is C77H150O17P2. The molecule has 0 heterocycles. The molecule has 570 valence electrons. The zero-order valence-corrected chi connectivity index (χ0v) is 64.5. The second-order valence-corrected chi connectivity index (χ2v) is 31.4. The minimum Gasteiger partial charge on any atom is -0.462 e. The first-order chi connectivity index (χ1) is 46.4. The third-order valence-electron chi connectivity index (χ3n) is 18.3. The summed E-state index contributed by atoms with van der Waals surface area (Å²) >= 11 is 0. The Balaban J connectivity index is 5.23. The molecule has 19 heteroatoms. The van der Waals surface area contributed by atoms with Crippen LogP contribution in [0.25, 0.3) is 0 Å². The molecule has 0 aromatic carbocycles. The molecule has 0 fully saturated rings. The Hall–Kier alpha value is -1.94. The largest absolute Gasteiger partial charge is 0.472 e. The van der Waals surface area contributed by atoms with E-state index in [1.807, 2.05) is 0 Å². The standard InChI is InChI=1S/C77H150O17P2/c1-7-10-12-14-16-18-19-30-37-43-49-55-61-76(81)93-72(65-87-74(79)59-53-47-41-33-17-15-13-11-8-2)67-91-95(83,84)89-63-71(78)64-90-96(85,86)92-68-73(66-88-75(80)60-54-48-42-36-31-26-22-20-24-28-34-39-45-51-57-69(4)5)94-77(82)62-56-50-44-38-32-27-23-21-25-29-35-40-46-52-58-70(6)9-3/h69-73,78H,7-68H2,1-6H3,(H,83,84)(H,85,86)/t70?,71-,72+,73+/m0/s1. The van der Waals surface area contributed by atoms with Gasteiger partial charge in [0.05, 0.1) is 26.4 Å². The van der Waals surface area contributed by atoms with Crippen molar-refractivity contribution >= 4 is 39.5 Å². The third kappa shape index (κ3) is 69.2. The quantitative estimate of drug-likeness (QED) is 0.0222. The number of carbonyl (C=O) groups is 4. The highest BCUT2D eigenvalue weighted by Crippen LogP contribution is 2.45. The fraction of sp³-hybridized carbons (Fsp3) is 0.948. The van der Waals surface area contributed by atoms with Gasteiger partial charge in [-0.3, -0.25) is 37.3 Å². The molecular weight excluding hydrogens is 1260 g/mol. The maximum atomic E-state index is 13.1. The van der Waals surface area contributed by atoms with Crippen molar-refractivity contribution in [2.45, 2.75) is 419 Å². The minimum atomic E-state index is -4.96. The molecule has 0 radical (unpaired) electrons. The molecule has 0 aromatic heterocycles. The Labute approximate surface area is 588 Å². The van der Waals surface area contributed by atoms with Gasteiger partial charge in [-0.1, -0.05) is 350 Å². The van der Waals surface area contributed by atoms with Gasteiger partial charge in [0.2, 0.25) is 0 Å². The molecule has 0 aliphatic heterocycles. The first-order valence-corrected chi connectivity index (χ1v) is 43.0. The molecule has 0 saturated heterocycles. The van der Waals surface area contributed by atoms with E-state index in [1.54, 1.807) is 0 Å². The summed E-state index contributed by atoms with van der Waals surface area (Å²) < 4.78 is 68.5. The van der Waals surface area contributed by atoms with Gasteiger partial charge in [0.25, 0.3) is 0 Å². The minimum absolute atomic E-state index is 0.107. The number of rotatable bonds is 76. The molecule has 3 N–H and O–H groups in total. The molecule has 6 atom stereocenters. The predicted molar refractivity (Wildman–Crippen MR) is 391 cm³/mol. The van der Waals surface area contributed by atoms with Crippen LogP contribution in [0.3, 0.4) is 0 Å². The van der Waals surface area contributed by atoms with Crippen molar-refractivity contribution in [1.82, 2.24) is 0 Å². The molecule has 0 aromatic rings. The maximum absolute atomic E-state index is 13.1. The normalized spacial score (nSPS) is 14.3. The smallest absolute Gasteiger partial charge is 0.462 e. The van der Waals surface area contributed by atoms with Crippen LogP contribution in [0.1, 0.15) is 401 Å². The number of phosphoric acid groups is 2. The predicted octanol–water partition coefficient (Wildman–Crippen LogP) is 22.7. The van der Waals surface area contributed by atoms with E-state index in [0.717, 1.165) is 102 Å². The number of ether oxygens (including phenoxy) is 4. The van der Waals surface area contributed by atoms with Crippen molar-refractivity contribution in [2.75, 3.05) is 39.6 Å². The van der Waals surface area contributed by atoms with Crippen molar-refractivity contribution in [3.63, 3.8) is 0 Å². The molecule has 0 aliphatic rings. The summed E-state index contributed by atoms with van der Waals surface area (Å²) in [4.78, 5) is 72.8. The monoisotopic (exact) mass is 1410 g/mol. The third-order valence-corrected chi connectivity index (χ3v) is 20.2. The lowest BCUT2D eigenvalue weighted by Gasteiger charge is -2.21. The summed E-state index contributed by atoms with van der Waals surface area (Å²) in [5.74, 6) is -0.469. The average Bonchev–Trinajstić information content (AvgIpc) is 1.13. The summed E-state index contributed by atoms with van der Waals surface area (Å²) in [6.45, 7) is 9.67. The molecule has 0 bridgehead atoms. The summed E-state index contributed by atoms with van der Waals surface area (Å²) in [6.07, 6.45) is 56.7. The van der Waals surface area contributed by atoms with Crippen LogP contribution in [0, 0.1) is 11.8 Å². The van der Waals surface area contributed by atoms with E-state index in [1.165, 1.54) is 218 Å². The molecule has 0 spiro atoms. The van der Waals surface area contributed by atoms with Crippen LogP contribution in [0.4, 0.5) is 0 Å². The van der Waals surface area contributed by atoms with Crippen LogP contribution >= 0.6 is 15.6 Å². The second kappa shape index (κ2) is 68.8. The highest BCUT2D eigenvalue weighted by atomic mass is 31.2. The van der Waals surface area contributed by atoms with Gasteiger partial charge in [0.1, 0.15) is 19.3 Å². The topological polar surface area (TPSA) is 237 Å². The fourth-order valence-electron chi connectivity index (χ4n) is 11.8. The van der Waals surface area contributed by atoms with Crippen molar-refractivity contribution in [1.29, 1.82) is 0 Å². The molecule has 0 saturated carbocycles. The van der Waals surface area contributed by atoms with Crippen LogP contribution in [0.15, 0.2) is 0 Å². The van der Waals surface area contributed by atoms with Crippen molar-refractivity contribution in [2.24, 2.45) is 11.8 Å². The van der Waals surface area contributed by atoms with Gasteiger partial charge in [-0.2, -0.15) is 0 Å². The van der Waals surface area contributed by atoms with E-state index in [9.17, 15) is 43.2 Å². The number of phosphoric ester groups is 2. The lowest BCUT2D eigenvalue weighted by Crippen LogP contribution is -2.30. The summed E-state index contributed by atoms with van der Waals surface area (Å²) in [7, 11) is -9.91. The lowest BCUT2D eigenvalue weighted by molar-refractivity contribution is -0.161. The average molecular weight is 1410 g/mol. The van der Waals surface area contributed by atoms with Gasteiger partial charge < -0.3 is 33.8 Å². The Morgan fingerprint density at radius 1 is 0.302 bits per heavy atom. The van der Waals surface area contributed by atoms with E-state index >= 15 is 0 Å². The van der Waals surface area contributed by atoms with Gasteiger partial charge in [-0.15, -0.1) is 0 Å². The Morgan fingerprint density at radius 3 is 0.792 bits per heavy atom. The van der Waals surface area contributed by atoms with Crippen molar-refractivity contribution in [3.8, 4) is 0 Å². The van der Waals surface area contributed by atoms with Crippen molar-refractivity contribution in [3.05, 3.63) is 0 Å². The Bertz CT molecular complexity index is 1860. The number of hydrogen-bond donors (Lipinski definition) is 3. The van der Waals surface area contributed by atoms with Crippen LogP contribution in [0.2, 0.25) is 0 Å². The van der Waals surface area contributed by atoms with Gasteiger partial charge >= 0.3 is 39.5 Å². The van der Waals surface area contributed by atoms with Crippen LogP contribution in [-0.4, -0.2) is 96.7 Å². The van der Waals surface area contributed by atoms with Gasteiger partial charge in [-0.25, -0.2) is 9.13 Å². The molecule has 0 aliphatic carbocycles. The maximum Gasteiger partial charge on any atom is 0.472 e. The number of carbonyl (C=O) groups excluding carboxylic acids is 4. The molecule has 3 unspecified atom stereocenters. The van der Waals surface area contributed by atoms with E-state index in [-0.39, 0.29) is 25.7 Å². The number of aliphatic hydroxyl groups excluding tert-OH is 1. The highest BCUT2D eigenvalue weighted by molar-refractivity contribution is 7.47. The van der Waals surface area contributed by atoms with Gasteiger partial charge in [0.15, 0.2) is 12.2 Å².